The van der Waals surface area contributed by atoms with E-state index in [4.69, 9.17) is 0 Å². The minimum Gasteiger partial charge on any atom is -0.481 e. The normalized spacial score (nSPS) is 17.6. The van der Waals surface area contributed by atoms with Crippen LogP contribution in [0.4, 0.5) is 5.82 Å². The van der Waals surface area contributed by atoms with E-state index in [1.807, 2.05) is 13.0 Å². The van der Waals surface area contributed by atoms with E-state index in [2.05, 4.69) is 15.3 Å². The number of hydrogen-bond donors (Lipinski definition) is 2. The third-order valence-corrected chi connectivity index (χ3v) is 3.71. The first-order chi connectivity index (χ1) is 8.66. The van der Waals surface area contributed by atoms with Gasteiger partial charge in [-0.3, -0.25) is 4.79 Å². The number of aryl methyl sites for hydroxylation is 1. The highest BCUT2D eigenvalue weighted by molar-refractivity contribution is 5.75. The topological polar surface area (TPSA) is 75.1 Å². The van der Waals surface area contributed by atoms with E-state index < -0.39 is 11.4 Å². The van der Waals surface area contributed by atoms with Crippen LogP contribution in [0.5, 0.6) is 0 Å². The van der Waals surface area contributed by atoms with Crippen molar-refractivity contribution in [2.45, 2.75) is 39.0 Å². The Morgan fingerprint density at radius 3 is 2.78 bits per heavy atom. The number of hydrogen-bond acceptors (Lipinski definition) is 4. The highest BCUT2D eigenvalue weighted by Gasteiger charge is 2.41. The molecular formula is C13H19N3O2. The monoisotopic (exact) mass is 249 g/mol. The lowest BCUT2D eigenvalue weighted by Crippen LogP contribution is -2.35. The minimum absolute atomic E-state index is 0.447. The van der Waals surface area contributed by atoms with Crippen molar-refractivity contribution >= 4 is 11.8 Å². The van der Waals surface area contributed by atoms with Crippen molar-refractivity contribution in [3.8, 4) is 0 Å². The van der Waals surface area contributed by atoms with Crippen LogP contribution < -0.4 is 5.32 Å². The van der Waals surface area contributed by atoms with Gasteiger partial charge in [0.15, 0.2) is 0 Å². The van der Waals surface area contributed by atoms with Gasteiger partial charge in [0.2, 0.25) is 0 Å². The second kappa shape index (κ2) is 5.33. The second-order valence-corrected chi connectivity index (χ2v) is 4.89. The van der Waals surface area contributed by atoms with E-state index in [-0.39, 0.29) is 0 Å². The van der Waals surface area contributed by atoms with Crippen LogP contribution in [0.3, 0.4) is 0 Å². The number of rotatable bonds is 5. The Morgan fingerprint density at radius 2 is 2.17 bits per heavy atom. The third kappa shape index (κ3) is 2.60. The summed E-state index contributed by atoms with van der Waals surface area (Å²) in [4.78, 5) is 19.6. The van der Waals surface area contributed by atoms with Gasteiger partial charge < -0.3 is 10.4 Å². The van der Waals surface area contributed by atoms with Gasteiger partial charge in [-0.1, -0.05) is 19.8 Å². The van der Waals surface area contributed by atoms with Crippen LogP contribution in [0.2, 0.25) is 0 Å². The van der Waals surface area contributed by atoms with Crippen LogP contribution in [0.15, 0.2) is 12.4 Å². The Labute approximate surface area is 107 Å². The largest absolute Gasteiger partial charge is 0.481 e. The molecule has 0 atom stereocenters. The summed E-state index contributed by atoms with van der Waals surface area (Å²) in [7, 11) is 0. The van der Waals surface area contributed by atoms with E-state index in [1.165, 1.54) is 6.33 Å². The number of carboxylic acid groups (broad SMARTS) is 1. The fourth-order valence-corrected chi connectivity index (χ4v) is 2.47. The van der Waals surface area contributed by atoms with Gasteiger partial charge in [-0.15, -0.1) is 0 Å². The van der Waals surface area contributed by atoms with Crippen molar-refractivity contribution in [3.05, 3.63) is 18.1 Å². The Morgan fingerprint density at radius 1 is 1.44 bits per heavy atom. The molecule has 1 saturated carbocycles. The van der Waals surface area contributed by atoms with Gasteiger partial charge in [0.1, 0.15) is 12.1 Å². The smallest absolute Gasteiger partial charge is 0.311 e. The molecule has 1 aromatic rings. The molecule has 0 spiro atoms. The summed E-state index contributed by atoms with van der Waals surface area (Å²) in [5.74, 6) is 0.0200. The molecule has 0 saturated heterocycles. The van der Waals surface area contributed by atoms with Crippen molar-refractivity contribution in [2.75, 3.05) is 11.9 Å². The fraction of sp³-hybridized carbons (Fsp3) is 0.615. The van der Waals surface area contributed by atoms with E-state index in [1.54, 1.807) is 0 Å². The predicted molar refractivity (Wildman–Crippen MR) is 68.4 cm³/mol. The molecule has 98 valence electrons. The molecule has 18 heavy (non-hydrogen) atoms. The number of anilines is 1. The molecule has 2 N–H and O–H groups in total. The zero-order valence-electron chi connectivity index (χ0n) is 10.6. The molecule has 2 rings (SSSR count). The van der Waals surface area contributed by atoms with Crippen molar-refractivity contribution in [1.29, 1.82) is 0 Å². The Kier molecular flexibility index (Phi) is 3.79. The van der Waals surface area contributed by atoms with Gasteiger partial charge in [0, 0.05) is 18.3 Å². The van der Waals surface area contributed by atoms with Crippen LogP contribution >= 0.6 is 0 Å². The summed E-state index contributed by atoms with van der Waals surface area (Å²) >= 11 is 0. The van der Waals surface area contributed by atoms with Crippen molar-refractivity contribution in [2.24, 2.45) is 5.41 Å². The zero-order chi connectivity index (χ0) is 13.0. The molecule has 0 aliphatic heterocycles. The maximum absolute atomic E-state index is 11.4. The molecule has 5 heteroatoms. The summed E-state index contributed by atoms with van der Waals surface area (Å²) < 4.78 is 0. The average molecular weight is 249 g/mol. The number of carbonyl (C=O) groups is 1. The Bertz CT molecular complexity index is 428. The van der Waals surface area contributed by atoms with E-state index >= 15 is 0 Å². The fourth-order valence-electron chi connectivity index (χ4n) is 2.47. The van der Waals surface area contributed by atoms with Crippen LogP contribution in [-0.4, -0.2) is 27.6 Å². The molecule has 0 amide bonds. The number of carboxylic acids is 1. The molecule has 5 nitrogen and oxygen atoms in total. The van der Waals surface area contributed by atoms with Gasteiger partial charge in [-0.25, -0.2) is 9.97 Å². The summed E-state index contributed by atoms with van der Waals surface area (Å²) in [5, 5.41) is 12.5. The molecule has 1 aliphatic rings. The van der Waals surface area contributed by atoms with Crippen LogP contribution in [-0.2, 0) is 11.2 Å². The summed E-state index contributed by atoms with van der Waals surface area (Å²) in [6.07, 6.45) is 5.86. The van der Waals surface area contributed by atoms with Crippen LogP contribution in [0.1, 0.15) is 38.3 Å². The maximum Gasteiger partial charge on any atom is 0.311 e. The van der Waals surface area contributed by atoms with E-state index in [0.29, 0.717) is 6.54 Å². The first kappa shape index (κ1) is 12.8. The standard InChI is InChI=1S/C13H19N3O2/c1-2-10-7-11(16-9-15-10)14-8-13(12(17)18)5-3-4-6-13/h7,9H,2-6,8H2,1H3,(H,17,18)(H,14,15,16). The lowest BCUT2D eigenvalue weighted by atomic mass is 9.86. The first-order valence-electron chi connectivity index (χ1n) is 6.44. The van der Waals surface area contributed by atoms with Crippen molar-refractivity contribution in [1.82, 2.24) is 9.97 Å². The lowest BCUT2D eigenvalue weighted by molar-refractivity contribution is -0.147. The highest BCUT2D eigenvalue weighted by atomic mass is 16.4. The van der Waals surface area contributed by atoms with Gasteiger partial charge in [0.25, 0.3) is 0 Å². The minimum atomic E-state index is -0.697. The Hall–Kier alpha value is -1.65. The summed E-state index contributed by atoms with van der Waals surface area (Å²) in [6, 6.07) is 1.88. The molecule has 1 aromatic heterocycles. The first-order valence-corrected chi connectivity index (χ1v) is 6.44. The lowest BCUT2D eigenvalue weighted by Gasteiger charge is -2.24. The SMILES string of the molecule is CCc1cc(NCC2(C(=O)O)CCCC2)ncn1. The number of aromatic nitrogens is 2. The summed E-state index contributed by atoms with van der Waals surface area (Å²) in [5.41, 5.74) is 0.348. The summed E-state index contributed by atoms with van der Waals surface area (Å²) in [6.45, 7) is 2.48. The highest BCUT2D eigenvalue weighted by Crippen LogP contribution is 2.38. The molecule has 0 unspecified atom stereocenters. The van der Waals surface area contributed by atoms with Gasteiger partial charge >= 0.3 is 5.97 Å². The second-order valence-electron chi connectivity index (χ2n) is 4.89. The molecular weight excluding hydrogens is 230 g/mol. The molecule has 1 fully saturated rings. The quantitative estimate of drug-likeness (QED) is 0.835. The van der Waals surface area contributed by atoms with Crippen molar-refractivity contribution < 1.29 is 9.90 Å². The molecule has 0 radical (unpaired) electrons. The van der Waals surface area contributed by atoms with E-state index in [0.717, 1.165) is 43.6 Å². The average Bonchev–Trinajstić information content (AvgIpc) is 2.87. The zero-order valence-corrected chi connectivity index (χ0v) is 10.6. The maximum atomic E-state index is 11.4. The van der Waals surface area contributed by atoms with Gasteiger partial charge in [0.05, 0.1) is 5.41 Å². The number of nitrogens with one attached hydrogen (secondary N) is 1. The predicted octanol–water partition coefficient (Wildman–Crippen LogP) is 2.10. The van der Waals surface area contributed by atoms with E-state index in [9.17, 15) is 9.90 Å². The van der Waals surface area contributed by atoms with Crippen molar-refractivity contribution in [3.63, 3.8) is 0 Å². The number of aliphatic carboxylic acids is 1. The van der Waals surface area contributed by atoms with Crippen LogP contribution in [0.25, 0.3) is 0 Å². The molecule has 1 aliphatic carbocycles. The molecule has 1 heterocycles. The number of nitrogens with zero attached hydrogens (tertiary/aromatic N) is 2. The molecule has 0 bridgehead atoms. The van der Waals surface area contributed by atoms with Crippen LogP contribution in [0, 0.1) is 5.41 Å². The molecule has 0 aromatic carbocycles. The third-order valence-electron chi connectivity index (χ3n) is 3.71. The van der Waals surface area contributed by atoms with Gasteiger partial charge in [-0.05, 0) is 19.3 Å². The Balaban J connectivity index is 2.03. The van der Waals surface area contributed by atoms with Gasteiger partial charge in [-0.2, -0.15) is 0 Å².